The van der Waals surface area contributed by atoms with Crippen molar-refractivity contribution < 1.29 is 4.74 Å². The molecule has 1 aromatic carbocycles. The van der Waals surface area contributed by atoms with E-state index in [9.17, 15) is 15.8 Å². The van der Waals surface area contributed by atoms with Crippen LogP contribution in [0.4, 0.5) is 0 Å². The first kappa shape index (κ1) is 17.9. The number of benzene rings is 1. The highest BCUT2D eigenvalue weighted by Gasteiger charge is 2.53. The number of thioether (sulfide) groups is 1. The Bertz CT molecular complexity index is 882. The fourth-order valence-electron chi connectivity index (χ4n) is 3.80. The molecule has 0 radical (unpaired) electrons. The first-order valence-corrected chi connectivity index (χ1v) is 9.52. The first-order chi connectivity index (χ1) is 12.6. The van der Waals surface area contributed by atoms with Crippen LogP contribution in [0.5, 0.6) is 5.75 Å². The number of nitriles is 3. The molecular weight excluding hydrogens is 344 g/mol. The summed E-state index contributed by atoms with van der Waals surface area (Å²) in [4.78, 5) is 0. The molecule has 1 aromatic rings. The summed E-state index contributed by atoms with van der Waals surface area (Å²) < 4.78 is 5.49. The molecule has 2 atom stereocenters. The van der Waals surface area contributed by atoms with E-state index in [0.717, 1.165) is 28.4 Å². The van der Waals surface area contributed by atoms with Crippen molar-refractivity contribution in [2.75, 3.05) is 18.1 Å². The summed E-state index contributed by atoms with van der Waals surface area (Å²) >= 11 is 1.73. The van der Waals surface area contributed by atoms with E-state index in [1.165, 1.54) is 0 Å². The summed E-state index contributed by atoms with van der Waals surface area (Å²) in [6.45, 7) is 2.48. The molecule has 3 rings (SSSR count). The molecule has 130 valence electrons. The van der Waals surface area contributed by atoms with Gasteiger partial charge in [-0.3, -0.25) is 0 Å². The number of rotatable bonds is 3. The van der Waals surface area contributed by atoms with E-state index in [1.807, 2.05) is 37.3 Å². The van der Waals surface area contributed by atoms with Crippen LogP contribution in [-0.2, 0) is 0 Å². The zero-order chi connectivity index (χ0) is 18.7. The van der Waals surface area contributed by atoms with Gasteiger partial charge in [-0.25, -0.2) is 0 Å². The Balaban J connectivity index is 2.21. The number of allylic oxidation sites excluding steroid dienone is 3. The Morgan fingerprint density at radius 3 is 2.50 bits per heavy atom. The van der Waals surface area contributed by atoms with Gasteiger partial charge in [0.2, 0.25) is 0 Å². The maximum atomic E-state index is 9.94. The van der Waals surface area contributed by atoms with Gasteiger partial charge in [-0.2, -0.15) is 27.5 Å². The van der Waals surface area contributed by atoms with Crippen LogP contribution in [0.3, 0.4) is 0 Å². The zero-order valence-corrected chi connectivity index (χ0v) is 15.2. The van der Waals surface area contributed by atoms with Gasteiger partial charge in [0.1, 0.15) is 11.8 Å². The van der Waals surface area contributed by atoms with Gasteiger partial charge in [0.25, 0.3) is 0 Å². The zero-order valence-electron chi connectivity index (χ0n) is 14.4. The van der Waals surface area contributed by atoms with E-state index in [1.54, 1.807) is 11.8 Å². The number of fused-ring (bicyclic) bond motifs is 1. The van der Waals surface area contributed by atoms with Gasteiger partial charge in [0.05, 0.1) is 30.0 Å². The van der Waals surface area contributed by atoms with Gasteiger partial charge in [-0.05, 0) is 30.2 Å². The molecule has 2 aliphatic rings. The molecule has 26 heavy (non-hydrogen) atoms. The Morgan fingerprint density at radius 2 is 1.92 bits per heavy atom. The van der Waals surface area contributed by atoms with Gasteiger partial charge < -0.3 is 10.5 Å². The van der Waals surface area contributed by atoms with Gasteiger partial charge in [0, 0.05) is 23.3 Å². The summed E-state index contributed by atoms with van der Waals surface area (Å²) in [7, 11) is 0. The van der Waals surface area contributed by atoms with Crippen LogP contribution >= 0.6 is 11.8 Å². The largest absolute Gasteiger partial charge is 0.494 e. The SMILES string of the molecule is CCOc1ccc(C2C3CSCC=C3C(C#N)=C(N)C2(C#N)C#N)cc1. The second-order valence-electron chi connectivity index (χ2n) is 6.22. The first-order valence-electron chi connectivity index (χ1n) is 8.36. The average Bonchev–Trinajstić information content (AvgIpc) is 2.68. The monoisotopic (exact) mass is 362 g/mol. The van der Waals surface area contributed by atoms with E-state index in [-0.39, 0.29) is 11.6 Å². The molecule has 0 saturated heterocycles. The highest BCUT2D eigenvalue weighted by Crippen LogP contribution is 2.55. The third-order valence-electron chi connectivity index (χ3n) is 4.98. The third kappa shape index (κ3) is 2.62. The maximum Gasteiger partial charge on any atom is 0.191 e. The fourth-order valence-corrected chi connectivity index (χ4v) is 4.86. The smallest absolute Gasteiger partial charge is 0.191 e. The predicted molar refractivity (Wildman–Crippen MR) is 99.7 cm³/mol. The van der Waals surface area contributed by atoms with E-state index < -0.39 is 11.3 Å². The lowest BCUT2D eigenvalue weighted by Gasteiger charge is -2.43. The standard InChI is InChI=1S/C20H18N4OS/c1-2-25-14-5-3-13(4-6-14)18-17-10-26-8-7-15(17)16(9-21)19(24)20(18,11-22)12-23/h3-7,17-18H,2,8,10,24H2,1H3. The Labute approximate surface area is 157 Å². The van der Waals surface area contributed by atoms with Gasteiger partial charge in [-0.15, -0.1) is 0 Å². The lowest BCUT2D eigenvalue weighted by molar-refractivity contribution is 0.338. The second-order valence-corrected chi connectivity index (χ2v) is 7.29. The lowest BCUT2D eigenvalue weighted by atomic mass is 9.59. The third-order valence-corrected chi connectivity index (χ3v) is 5.98. The van der Waals surface area contributed by atoms with Gasteiger partial charge in [-0.1, -0.05) is 18.2 Å². The van der Waals surface area contributed by atoms with Gasteiger partial charge >= 0.3 is 0 Å². The molecule has 6 heteroatoms. The second kappa shape index (κ2) is 7.16. The Morgan fingerprint density at radius 1 is 1.23 bits per heavy atom. The van der Waals surface area contributed by atoms with E-state index in [4.69, 9.17) is 10.5 Å². The molecule has 0 bridgehead atoms. The number of hydrogen-bond acceptors (Lipinski definition) is 6. The lowest BCUT2D eigenvalue weighted by Crippen LogP contribution is -2.43. The molecule has 2 unspecified atom stereocenters. The van der Waals surface area contributed by atoms with E-state index in [0.29, 0.717) is 12.2 Å². The van der Waals surface area contributed by atoms with Crippen molar-refractivity contribution in [2.24, 2.45) is 17.1 Å². The summed E-state index contributed by atoms with van der Waals surface area (Å²) in [5.74, 6) is 1.75. The van der Waals surface area contributed by atoms with Crippen LogP contribution in [0.2, 0.25) is 0 Å². The highest BCUT2D eigenvalue weighted by molar-refractivity contribution is 7.99. The average molecular weight is 362 g/mol. The van der Waals surface area contributed by atoms with Crippen LogP contribution in [0.1, 0.15) is 18.4 Å². The number of hydrogen-bond donors (Lipinski definition) is 1. The van der Waals surface area contributed by atoms with E-state index >= 15 is 0 Å². The van der Waals surface area contributed by atoms with Crippen LogP contribution in [0.15, 0.2) is 47.2 Å². The summed E-state index contributed by atoms with van der Waals surface area (Å²) in [6.07, 6.45) is 2.00. The molecule has 2 N–H and O–H groups in total. The summed E-state index contributed by atoms with van der Waals surface area (Å²) in [5.41, 5.74) is 6.77. The maximum absolute atomic E-state index is 9.94. The van der Waals surface area contributed by atoms with Crippen molar-refractivity contribution in [1.82, 2.24) is 0 Å². The predicted octanol–water partition coefficient (Wildman–Crippen LogP) is 3.24. The number of ether oxygens (including phenoxy) is 1. The normalized spacial score (nSPS) is 23.7. The number of nitrogens with zero attached hydrogens (tertiary/aromatic N) is 3. The van der Waals surface area contributed by atoms with Crippen molar-refractivity contribution in [3.05, 3.63) is 52.7 Å². The minimum absolute atomic E-state index is 0.0679. The van der Waals surface area contributed by atoms with Crippen molar-refractivity contribution >= 4 is 11.8 Å². The molecule has 1 aliphatic carbocycles. The molecule has 0 amide bonds. The van der Waals surface area contributed by atoms with Gasteiger partial charge in [0.15, 0.2) is 5.41 Å². The topological polar surface area (TPSA) is 107 Å². The van der Waals surface area contributed by atoms with Crippen molar-refractivity contribution in [3.63, 3.8) is 0 Å². The Hall–Kier alpha value is -2.88. The molecule has 0 spiro atoms. The van der Waals surface area contributed by atoms with Crippen LogP contribution in [-0.4, -0.2) is 18.1 Å². The molecule has 1 aliphatic heterocycles. The molecule has 5 nitrogen and oxygen atoms in total. The molecule has 0 aromatic heterocycles. The van der Waals surface area contributed by atoms with Crippen molar-refractivity contribution in [2.45, 2.75) is 12.8 Å². The van der Waals surface area contributed by atoms with Crippen LogP contribution in [0, 0.1) is 45.3 Å². The van der Waals surface area contributed by atoms with Crippen molar-refractivity contribution in [3.8, 4) is 24.0 Å². The minimum atomic E-state index is -1.56. The minimum Gasteiger partial charge on any atom is -0.494 e. The van der Waals surface area contributed by atoms with Crippen LogP contribution < -0.4 is 10.5 Å². The quantitative estimate of drug-likeness (QED) is 0.884. The van der Waals surface area contributed by atoms with Crippen molar-refractivity contribution in [1.29, 1.82) is 15.8 Å². The highest BCUT2D eigenvalue weighted by atomic mass is 32.2. The summed E-state index contributed by atoms with van der Waals surface area (Å²) in [5, 5.41) is 29.5. The molecule has 1 heterocycles. The Kier molecular flexibility index (Phi) is 4.94. The number of nitrogens with two attached hydrogens (primary N) is 1. The summed E-state index contributed by atoms with van der Waals surface area (Å²) in [6, 6.07) is 13.9. The van der Waals surface area contributed by atoms with Crippen LogP contribution in [0.25, 0.3) is 0 Å². The molecular formula is C20H18N4OS. The van der Waals surface area contributed by atoms with E-state index in [2.05, 4.69) is 18.2 Å². The fraction of sp³-hybridized carbons (Fsp3) is 0.350. The molecule has 0 fully saturated rings. The molecule has 0 saturated carbocycles.